The second-order valence-electron chi connectivity index (χ2n) is 3.81. The van der Waals surface area contributed by atoms with Crippen LogP contribution in [0.1, 0.15) is 11.6 Å². The molecule has 6 heteroatoms. The molecule has 1 saturated heterocycles. The van der Waals surface area contributed by atoms with Gasteiger partial charge in [-0.15, -0.1) is 12.4 Å². The lowest BCUT2D eigenvalue weighted by atomic mass is 10.1. The van der Waals surface area contributed by atoms with Gasteiger partial charge in [0.05, 0.1) is 37.9 Å². The molecule has 1 aromatic rings. The van der Waals surface area contributed by atoms with Crippen molar-refractivity contribution in [3.8, 4) is 11.5 Å². The SMILES string of the molecule is COc1cc([C@@H]2COCCN2)c(OC)cc1Br.Cl. The monoisotopic (exact) mass is 337 g/mol. The highest BCUT2D eigenvalue weighted by atomic mass is 79.9. The second-order valence-corrected chi connectivity index (χ2v) is 4.66. The minimum atomic E-state index is 0. The first-order valence-corrected chi connectivity index (χ1v) is 6.28. The lowest BCUT2D eigenvalue weighted by Crippen LogP contribution is -2.34. The first-order chi connectivity index (χ1) is 8.26. The summed E-state index contributed by atoms with van der Waals surface area (Å²) in [7, 11) is 3.32. The maximum Gasteiger partial charge on any atom is 0.133 e. The Balaban J connectivity index is 0.00000162. The van der Waals surface area contributed by atoms with Gasteiger partial charge in [-0.05, 0) is 28.1 Å². The molecule has 1 heterocycles. The molecule has 2 rings (SSSR count). The molecule has 0 bridgehead atoms. The molecular weight excluding hydrogens is 321 g/mol. The molecule has 1 atom stereocenters. The molecule has 0 saturated carbocycles. The van der Waals surface area contributed by atoms with Crippen LogP contribution >= 0.6 is 28.3 Å². The molecule has 102 valence electrons. The van der Waals surface area contributed by atoms with E-state index in [2.05, 4.69) is 21.2 Å². The van der Waals surface area contributed by atoms with E-state index in [-0.39, 0.29) is 18.4 Å². The number of morpholine rings is 1. The summed E-state index contributed by atoms with van der Waals surface area (Å²) in [6.45, 7) is 2.26. The van der Waals surface area contributed by atoms with E-state index in [1.54, 1.807) is 14.2 Å². The van der Waals surface area contributed by atoms with E-state index in [0.29, 0.717) is 6.61 Å². The highest BCUT2D eigenvalue weighted by molar-refractivity contribution is 9.10. The van der Waals surface area contributed by atoms with E-state index in [4.69, 9.17) is 14.2 Å². The van der Waals surface area contributed by atoms with Crippen molar-refractivity contribution in [1.82, 2.24) is 5.32 Å². The van der Waals surface area contributed by atoms with Crippen LogP contribution in [0.15, 0.2) is 16.6 Å². The van der Waals surface area contributed by atoms with Crippen molar-refractivity contribution in [2.45, 2.75) is 6.04 Å². The summed E-state index contributed by atoms with van der Waals surface area (Å²) in [4.78, 5) is 0. The van der Waals surface area contributed by atoms with Crippen LogP contribution in [-0.2, 0) is 4.74 Å². The lowest BCUT2D eigenvalue weighted by molar-refractivity contribution is 0.0760. The molecule has 0 aromatic heterocycles. The van der Waals surface area contributed by atoms with Gasteiger partial charge in [0.2, 0.25) is 0 Å². The van der Waals surface area contributed by atoms with Gasteiger partial charge in [0.1, 0.15) is 11.5 Å². The smallest absolute Gasteiger partial charge is 0.133 e. The molecule has 1 N–H and O–H groups in total. The van der Waals surface area contributed by atoms with E-state index in [0.717, 1.165) is 34.7 Å². The van der Waals surface area contributed by atoms with Gasteiger partial charge in [0.25, 0.3) is 0 Å². The van der Waals surface area contributed by atoms with Crippen molar-refractivity contribution >= 4 is 28.3 Å². The second kappa shape index (κ2) is 7.19. The standard InChI is InChI=1S/C12H16BrNO3.ClH/c1-15-11-6-9(13)12(16-2)5-8(11)10-7-17-4-3-14-10;/h5-6,10,14H,3-4,7H2,1-2H3;1H/t10-;/m0./s1. The Hall–Kier alpha value is -0.490. The van der Waals surface area contributed by atoms with Gasteiger partial charge in [-0.3, -0.25) is 0 Å². The minimum Gasteiger partial charge on any atom is -0.496 e. The molecule has 18 heavy (non-hydrogen) atoms. The number of nitrogens with one attached hydrogen (secondary N) is 1. The molecule has 1 aromatic carbocycles. The van der Waals surface area contributed by atoms with Crippen LogP contribution in [0.2, 0.25) is 0 Å². The Bertz CT molecular complexity index is 397. The molecule has 0 radical (unpaired) electrons. The van der Waals surface area contributed by atoms with Crippen molar-refractivity contribution in [2.75, 3.05) is 34.0 Å². The molecule has 0 spiro atoms. The lowest BCUT2D eigenvalue weighted by Gasteiger charge is -2.26. The Labute approximate surface area is 122 Å². The quantitative estimate of drug-likeness (QED) is 0.919. The van der Waals surface area contributed by atoms with E-state index in [1.807, 2.05) is 12.1 Å². The zero-order valence-corrected chi connectivity index (χ0v) is 12.8. The molecule has 1 aliphatic heterocycles. The fraction of sp³-hybridized carbons (Fsp3) is 0.500. The number of methoxy groups -OCH3 is 2. The molecule has 0 unspecified atom stereocenters. The molecule has 0 amide bonds. The summed E-state index contributed by atoms with van der Waals surface area (Å²) >= 11 is 3.45. The molecule has 4 nitrogen and oxygen atoms in total. The number of hydrogen-bond donors (Lipinski definition) is 1. The average molecular weight is 339 g/mol. The summed E-state index contributed by atoms with van der Waals surface area (Å²) in [6, 6.07) is 4.06. The van der Waals surface area contributed by atoms with Crippen molar-refractivity contribution in [3.05, 3.63) is 22.2 Å². The Morgan fingerprint density at radius 3 is 2.56 bits per heavy atom. The Kier molecular flexibility index (Phi) is 6.21. The number of hydrogen-bond acceptors (Lipinski definition) is 4. The first kappa shape index (κ1) is 15.6. The predicted molar refractivity (Wildman–Crippen MR) is 76.1 cm³/mol. The van der Waals surface area contributed by atoms with Crippen LogP contribution in [-0.4, -0.2) is 34.0 Å². The molecule has 1 aliphatic rings. The number of halogens is 2. The Morgan fingerprint density at radius 2 is 2.00 bits per heavy atom. The topological polar surface area (TPSA) is 39.7 Å². The third-order valence-electron chi connectivity index (χ3n) is 2.80. The average Bonchev–Trinajstić information content (AvgIpc) is 2.39. The van der Waals surface area contributed by atoms with Crippen molar-refractivity contribution in [1.29, 1.82) is 0 Å². The third-order valence-corrected chi connectivity index (χ3v) is 3.42. The fourth-order valence-electron chi connectivity index (χ4n) is 1.92. The van der Waals surface area contributed by atoms with Crippen LogP contribution in [0.25, 0.3) is 0 Å². The van der Waals surface area contributed by atoms with E-state index >= 15 is 0 Å². The van der Waals surface area contributed by atoms with Gasteiger partial charge in [-0.2, -0.15) is 0 Å². The summed E-state index contributed by atoms with van der Waals surface area (Å²) in [6.07, 6.45) is 0. The summed E-state index contributed by atoms with van der Waals surface area (Å²) < 4.78 is 17.1. The van der Waals surface area contributed by atoms with Crippen LogP contribution < -0.4 is 14.8 Å². The van der Waals surface area contributed by atoms with Crippen molar-refractivity contribution in [2.24, 2.45) is 0 Å². The van der Waals surface area contributed by atoms with Gasteiger partial charge in [0, 0.05) is 12.1 Å². The van der Waals surface area contributed by atoms with Crippen LogP contribution in [0.3, 0.4) is 0 Å². The Morgan fingerprint density at radius 1 is 1.28 bits per heavy atom. The zero-order chi connectivity index (χ0) is 12.3. The van der Waals surface area contributed by atoms with Gasteiger partial charge in [-0.1, -0.05) is 0 Å². The molecule has 0 aliphatic carbocycles. The highest BCUT2D eigenvalue weighted by Gasteiger charge is 2.21. The molecule has 1 fully saturated rings. The van der Waals surface area contributed by atoms with Gasteiger partial charge >= 0.3 is 0 Å². The first-order valence-electron chi connectivity index (χ1n) is 5.48. The maximum absolute atomic E-state index is 5.47. The van der Waals surface area contributed by atoms with Gasteiger partial charge < -0.3 is 19.5 Å². The van der Waals surface area contributed by atoms with E-state index in [9.17, 15) is 0 Å². The number of rotatable bonds is 3. The maximum atomic E-state index is 5.47. The largest absolute Gasteiger partial charge is 0.496 e. The highest BCUT2D eigenvalue weighted by Crippen LogP contribution is 2.36. The minimum absolute atomic E-state index is 0. The third kappa shape index (κ3) is 3.29. The van der Waals surface area contributed by atoms with Crippen LogP contribution in [0.4, 0.5) is 0 Å². The van der Waals surface area contributed by atoms with Gasteiger partial charge in [0.15, 0.2) is 0 Å². The summed E-state index contributed by atoms with van der Waals surface area (Å²) in [5, 5.41) is 3.41. The van der Waals surface area contributed by atoms with E-state index in [1.165, 1.54) is 0 Å². The van der Waals surface area contributed by atoms with Gasteiger partial charge in [-0.25, -0.2) is 0 Å². The molecular formula is C12H17BrClNO3. The van der Waals surface area contributed by atoms with E-state index < -0.39 is 0 Å². The van der Waals surface area contributed by atoms with Crippen LogP contribution in [0, 0.1) is 0 Å². The summed E-state index contributed by atoms with van der Waals surface area (Å²) in [5.41, 5.74) is 1.06. The number of ether oxygens (including phenoxy) is 3. The zero-order valence-electron chi connectivity index (χ0n) is 10.4. The normalized spacial score (nSPS) is 18.9. The van der Waals surface area contributed by atoms with Crippen molar-refractivity contribution in [3.63, 3.8) is 0 Å². The fourth-order valence-corrected chi connectivity index (χ4v) is 2.41. The van der Waals surface area contributed by atoms with Crippen molar-refractivity contribution < 1.29 is 14.2 Å². The number of benzene rings is 1. The summed E-state index contributed by atoms with van der Waals surface area (Å²) in [5.74, 6) is 1.63. The van der Waals surface area contributed by atoms with Crippen LogP contribution in [0.5, 0.6) is 11.5 Å². The predicted octanol–water partition coefficient (Wildman–Crippen LogP) is 2.55.